The number of fused-ring (bicyclic) bond motifs is 1. The van der Waals surface area contributed by atoms with Gasteiger partial charge < -0.3 is 14.8 Å². The van der Waals surface area contributed by atoms with Gasteiger partial charge in [0, 0.05) is 13.0 Å². The second-order valence-corrected chi connectivity index (χ2v) is 4.17. The Bertz CT molecular complexity index is 417. The van der Waals surface area contributed by atoms with Crippen LogP contribution >= 0.6 is 0 Å². The zero-order valence-electron chi connectivity index (χ0n) is 10.2. The predicted octanol–water partition coefficient (Wildman–Crippen LogP) is 1.27. The molecule has 1 aromatic rings. The highest BCUT2D eigenvalue weighted by atomic mass is 16.5. The molecule has 92 valence electrons. The maximum Gasteiger partial charge on any atom is 0.322 e. The molecule has 4 nitrogen and oxygen atoms in total. The van der Waals surface area contributed by atoms with Gasteiger partial charge in [0.25, 0.3) is 0 Å². The van der Waals surface area contributed by atoms with Crippen molar-refractivity contribution in [3.05, 3.63) is 29.3 Å². The lowest BCUT2D eigenvalue weighted by Crippen LogP contribution is -2.34. The summed E-state index contributed by atoms with van der Waals surface area (Å²) in [5.74, 6) is 0.740. The monoisotopic (exact) mass is 235 g/mol. The van der Waals surface area contributed by atoms with Crippen molar-refractivity contribution in [1.82, 2.24) is 5.32 Å². The Kier molecular flexibility index (Phi) is 3.64. The number of ether oxygens (including phenoxy) is 2. The summed E-state index contributed by atoms with van der Waals surface area (Å²) in [5.41, 5.74) is 2.40. The lowest BCUT2D eigenvalue weighted by molar-refractivity contribution is -0.142. The van der Waals surface area contributed by atoms with E-state index in [-0.39, 0.29) is 12.0 Å². The van der Waals surface area contributed by atoms with Gasteiger partial charge in [0.2, 0.25) is 0 Å². The molecule has 0 saturated carbocycles. The number of methoxy groups -OCH3 is 1. The molecule has 2 rings (SSSR count). The molecule has 0 fully saturated rings. The normalized spacial score (nSPS) is 14.9. The molecule has 0 radical (unpaired) electrons. The van der Waals surface area contributed by atoms with E-state index in [0.717, 1.165) is 24.3 Å². The van der Waals surface area contributed by atoms with Crippen LogP contribution in [-0.2, 0) is 22.5 Å². The number of carbonyl (C=O) groups is 1. The summed E-state index contributed by atoms with van der Waals surface area (Å²) in [6.07, 6.45) is 0.968. The van der Waals surface area contributed by atoms with Crippen LogP contribution in [-0.4, -0.2) is 25.7 Å². The van der Waals surface area contributed by atoms with Crippen molar-refractivity contribution in [2.75, 3.05) is 13.7 Å². The largest absolute Gasteiger partial charge is 0.493 e. The van der Waals surface area contributed by atoms with E-state index in [0.29, 0.717) is 6.54 Å². The first-order valence-electron chi connectivity index (χ1n) is 5.76. The molecule has 1 N–H and O–H groups in total. The molecule has 1 atom stereocenters. The standard InChI is InChI=1S/C13H17NO3/c1-9(13(15)16-2)14-8-10-3-4-12-11(7-10)5-6-17-12/h3-4,7,9,14H,5-6,8H2,1-2H3/t9-/m0/s1. The van der Waals surface area contributed by atoms with Gasteiger partial charge in [-0.25, -0.2) is 0 Å². The smallest absolute Gasteiger partial charge is 0.322 e. The van der Waals surface area contributed by atoms with Crippen molar-refractivity contribution in [3.63, 3.8) is 0 Å². The van der Waals surface area contributed by atoms with Crippen LogP contribution < -0.4 is 10.1 Å². The third kappa shape index (κ3) is 2.77. The van der Waals surface area contributed by atoms with Gasteiger partial charge >= 0.3 is 5.97 Å². The van der Waals surface area contributed by atoms with Crippen molar-refractivity contribution in [3.8, 4) is 5.75 Å². The minimum absolute atomic E-state index is 0.241. The van der Waals surface area contributed by atoms with E-state index in [2.05, 4.69) is 16.1 Å². The number of benzene rings is 1. The van der Waals surface area contributed by atoms with Gasteiger partial charge in [-0.05, 0) is 24.1 Å². The molecule has 0 amide bonds. The molecular formula is C13H17NO3. The molecule has 1 aromatic carbocycles. The van der Waals surface area contributed by atoms with Gasteiger partial charge in [0.05, 0.1) is 13.7 Å². The van der Waals surface area contributed by atoms with E-state index in [4.69, 9.17) is 4.74 Å². The number of esters is 1. The van der Waals surface area contributed by atoms with E-state index in [1.807, 2.05) is 12.1 Å². The number of hydrogen-bond acceptors (Lipinski definition) is 4. The van der Waals surface area contributed by atoms with Crippen LogP contribution in [0.2, 0.25) is 0 Å². The quantitative estimate of drug-likeness (QED) is 0.798. The van der Waals surface area contributed by atoms with E-state index in [1.165, 1.54) is 12.7 Å². The van der Waals surface area contributed by atoms with Gasteiger partial charge in [-0.1, -0.05) is 12.1 Å². The van der Waals surface area contributed by atoms with Gasteiger partial charge in [0.1, 0.15) is 11.8 Å². The Balaban J connectivity index is 1.93. The van der Waals surface area contributed by atoms with Crippen molar-refractivity contribution >= 4 is 5.97 Å². The molecule has 0 aromatic heterocycles. The molecule has 1 aliphatic rings. The van der Waals surface area contributed by atoms with Crippen LogP contribution in [0.3, 0.4) is 0 Å². The van der Waals surface area contributed by atoms with Crippen LogP contribution in [0.4, 0.5) is 0 Å². The molecular weight excluding hydrogens is 218 g/mol. The third-order valence-corrected chi connectivity index (χ3v) is 2.92. The zero-order valence-corrected chi connectivity index (χ0v) is 10.2. The maximum absolute atomic E-state index is 11.2. The number of carbonyl (C=O) groups excluding carboxylic acids is 1. The summed E-state index contributed by atoms with van der Waals surface area (Å²) in [7, 11) is 1.40. The lowest BCUT2D eigenvalue weighted by Gasteiger charge is -2.11. The SMILES string of the molecule is COC(=O)[C@H](C)NCc1ccc2c(c1)CCO2. The van der Waals surface area contributed by atoms with E-state index < -0.39 is 0 Å². The van der Waals surface area contributed by atoms with Crippen molar-refractivity contribution < 1.29 is 14.3 Å². The molecule has 4 heteroatoms. The topological polar surface area (TPSA) is 47.6 Å². The molecule has 0 aliphatic carbocycles. The van der Waals surface area contributed by atoms with Crippen LogP contribution in [0.15, 0.2) is 18.2 Å². The van der Waals surface area contributed by atoms with Crippen LogP contribution in [0.5, 0.6) is 5.75 Å². The number of nitrogens with one attached hydrogen (secondary N) is 1. The van der Waals surface area contributed by atoms with E-state index in [1.54, 1.807) is 6.92 Å². The highest BCUT2D eigenvalue weighted by molar-refractivity contribution is 5.75. The van der Waals surface area contributed by atoms with E-state index in [9.17, 15) is 4.79 Å². The number of hydrogen-bond donors (Lipinski definition) is 1. The Morgan fingerprint density at radius 1 is 1.59 bits per heavy atom. The average Bonchev–Trinajstić information content (AvgIpc) is 2.82. The van der Waals surface area contributed by atoms with Crippen molar-refractivity contribution in [2.45, 2.75) is 25.9 Å². The summed E-state index contributed by atoms with van der Waals surface area (Å²) >= 11 is 0. The molecule has 0 bridgehead atoms. The third-order valence-electron chi connectivity index (χ3n) is 2.92. The average molecular weight is 235 g/mol. The summed E-state index contributed by atoms with van der Waals surface area (Å²) in [6, 6.07) is 5.84. The van der Waals surface area contributed by atoms with Crippen molar-refractivity contribution in [1.29, 1.82) is 0 Å². The summed E-state index contributed by atoms with van der Waals surface area (Å²) in [4.78, 5) is 11.2. The zero-order chi connectivity index (χ0) is 12.3. The predicted molar refractivity (Wildman–Crippen MR) is 64.0 cm³/mol. The molecule has 0 saturated heterocycles. The summed E-state index contributed by atoms with van der Waals surface area (Å²) in [5, 5.41) is 3.13. The molecule has 0 spiro atoms. The van der Waals surface area contributed by atoms with Gasteiger partial charge in [-0.3, -0.25) is 4.79 Å². The Labute approximate surface area is 101 Å². The highest BCUT2D eigenvalue weighted by Gasteiger charge is 2.14. The molecule has 1 aliphatic heterocycles. The van der Waals surface area contributed by atoms with Crippen molar-refractivity contribution in [2.24, 2.45) is 0 Å². The number of rotatable bonds is 4. The highest BCUT2D eigenvalue weighted by Crippen LogP contribution is 2.25. The molecule has 1 heterocycles. The first-order chi connectivity index (χ1) is 8.20. The van der Waals surface area contributed by atoms with Crippen LogP contribution in [0, 0.1) is 0 Å². The Morgan fingerprint density at radius 2 is 2.41 bits per heavy atom. The Hall–Kier alpha value is -1.55. The fourth-order valence-electron chi connectivity index (χ4n) is 1.88. The fraction of sp³-hybridized carbons (Fsp3) is 0.462. The van der Waals surface area contributed by atoms with Gasteiger partial charge in [0.15, 0.2) is 0 Å². The van der Waals surface area contributed by atoms with Crippen LogP contribution in [0.25, 0.3) is 0 Å². The van der Waals surface area contributed by atoms with E-state index >= 15 is 0 Å². The Morgan fingerprint density at radius 3 is 3.18 bits per heavy atom. The van der Waals surface area contributed by atoms with Gasteiger partial charge in [-0.2, -0.15) is 0 Å². The van der Waals surface area contributed by atoms with Crippen LogP contribution in [0.1, 0.15) is 18.1 Å². The first-order valence-corrected chi connectivity index (χ1v) is 5.76. The molecule has 17 heavy (non-hydrogen) atoms. The minimum atomic E-state index is -0.287. The first kappa shape index (κ1) is 11.9. The second kappa shape index (κ2) is 5.19. The molecule has 0 unspecified atom stereocenters. The second-order valence-electron chi connectivity index (χ2n) is 4.17. The van der Waals surface area contributed by atoms with Gasteiger partial charge in [-0.15, -0.1) is 0 Å². The summed E-state index contributed by atoms with van der Waals surface area (Å²) in [6.45, 7) is 3.22. The maximum atomic E-state index is 11.2. The summed E-state index contributed by atoms with van der Waals surface area (Å²) < 4.78 is 10.1. The minimum Gasteiger partial charge on any atom is -0.493 e. The fourth-order valence-corrected chi connectivity index (χ4v) is 1.88. The lowest BCUT2D eigenvalue weighted by atomic mass is 10.1.